The molecule has 2 aliphatic rings. The van der Waals surface area contributed by atoms with Crippen LogP contribution in [-0.2, 0) is 4.74 Å². The van der Waals surface area contributed by atoms with Crippen LogP contribution in [0.25, 0.3) is 0 Å². The molecule has 0 aromatic heterocycles. The lowest BCUT2D eigenvalue weighted by atomic mass is 9.85. The fourth-order valence-corrected chi connectivity index (χ4v) is 4.62. The van der Waals surface area contributed by atoms with E-state index in [1.54, 1.807) is 0 Å². The van der Waals surface area contributed by atoms with E-state index in [0.29, 0.717) is 5.92 Å². The van der Waals surface area contributed by atoms with Crippen molar-refractivity contribution in [2.45, 2.75) is 70.1 Å². The summed E-state index contributed by atoms with van der Waals surface area (Å²) in [5.41, 5.74) is -0.194. The smallest absolute Gasteiger partial charge is 0.0760 e. The predicted molar refractivity (Wildman–Crippen MR) is 86.5 cm³/mol. The van der Waals surface area contributed by atoms with Gasteiger partial charge in [0.1, 0.15) is 0 Å². The van der Waals surface area contributed by atoms with E-state index in [9.17, 15) is 5.11 Å². The van der Waals surface area contributed by atoms with Crippen molar-refractivity contribution in [3.63, 3.8) is 0 Å². The maximum Gasteiger partial charge on any atom is 0.0760 e. The van der Waals surface area contributed by atoms with Gasteiger partial charge in [0, 0.05) is 18.6 Å². The average molecular weight is 298 g/mol. The van der Waals surface area contributed by atoms with Gasteiger partial charge in [-0.1, -0.05) is 6.42 Å². The summed E-state index contributed by atoms with van der Waals surface area (Å²) in [6, 6.07) is 0. The van der Waals surface area contributed by atoms with Crippen LogP contribution in [0.15, 0.2) is 0 Å². The van der Waals surface area contributed by atoms with E-state index < -0.39 is 0 Å². The Labute approximate surface area is 130 Å². The Morgan fingerprint density at radius 3 is 2.33 bits per heavy atom. The summed E-state index contributed by atoms with van der Waals surface area (Å²) in [7, 11) is 2.00. The van der Waals surface area contributed by atoms with Crippen LogP contribution in [0.4, 0.5) is 0 Å². The van der Waals surface area contributed by atoms with E-state index in [4.69, 9.17) is 4.74 Å². The Morgan fingerprint density at radius 1 is 1.19 bits per heavy atom. The molecule has 2 rings (SSSR count). The number of likely N-dealkylation sites (N-methyl/N-ethyl adjacent to an activating group) is 1. The Morgan fingerprint density at radius 2 is 1.81 bits per heavy atom. The molecule has 2 fully saturated rings. The summed E-state index contributed by atoms with van der Waals surface area (Å²) >= 11 is 0. The SMILES string of the molecule is CNC1(CO)CCCC1CCN1CC(C)(C)OC(C)(C)C1. The molecule has 2 unspecified atom stereocenters. The van der Waals surface area contributed by atoms with Crippen molar-refractivity contribution < 1.29 is 9.84 Å². The lowest BCUT2D eigenvalue weighted by molar-refractivity contribution is -0.181. The summed E-state index contributed by atoms with van der Waals surface area (Å²) in [6.45, 7) is 12.1. The van der Waals surface area contributed by atoms with Crippen molar-refractivity contribution in [2.24, 2.45) is 5.92 Å². The van der Waals surface area contributed by atoms with Gasteiger partial charge in [0.05, 0.1) is 17.8 Å². The highest BCUT2D eigenvalue weighted by Gasteiger charge is 2.42. The number of nitrogens with one attached hydrogen (secondary N) is 1. The molecule has 1 saturated carbocycles. The zero-order valence-corrected chi connectivity index (χ0v) is 14.5. The van der Waals surface area contributed by atoms with E-state index in [-0.39, 0.29) is 23.3 Å². The maximum atomic E-state index is 9.79. The van der Waals surface area contributed by atoms with Gasteiger partial charge in [-0.15, -0.1) is 0 Å². The van der Waals surface area contributed by atoms with Crippen LogP contribution in [0.2, 0.25) is 0 Å². The van der Waals surface area contributed by atoms with E-state index in [2.05, 4.69) is 37.9 Å². The molecule has 0 aromatic rings. The first-order chi connectivity index (χ1) is 9.72. The molecule has 1 aliphatic heterocycles. The highest BCUT2D eigenvalue weighted by Crippen LogP contribution is 2.38. The molecule has 1 heterocycles. The van der Waals surface area contributed by atoms with Gasteiger partial charge in [0.25, 0.3) is 0 Å². The van der Waals surface area contributed by atoms with Gasteiger partial charge in [0.2, 0.25) is 0 Å². The highest BCUT2D eigenvalue weighted by molar-refractivity contribution is 4.99. The van der Waals surface area contributed by atoms with Gasteiger partial charge in [-0.2, -0.15) is 0 Å². The van der Waals surface area contributed by atoms with Crippen molar-refractivity contribution >= 4 is 0 Å². The third-order valence-corrected chi connectivity index (χ3v) is 5.29. The predicted octanol–water partition coefficient (Wildman–Crippen LogP) is 2.02. The zero-order valence-electron chi connectivity index (χ0n) is 14.5. The second kappa shape index (κ2) is 6.15. The third kappa shape index (κ3) is 3.98. The van der Waals surface area contributed by atoms with Crippen molar-refractivity contribution in [1.29, 1.82) is 0 Å². The molecule has 1 aliphatic carbocycles. The number of ether oxygens (including phenoxy) is 1. The van der Waals surface area contributed by atoms with Crippen molar-refractivity contribution in [3.8, 4) is 0 Å². The van der Waals surface area contributed by atoms with Gasteiger partial charge >= 0.3 is 0 Å². The minimum Gasteiger partial charge on any atom is -0.394 e. The van der Waals surface area contributed by atoms with Gasteiger partial charge in [-0.05, 0) is 66.5 Å². The van der Waals surface area contributed by atoms with E-state index in [1.165, 1.54) is 12.8 Å². The number of aliphatic hydroxyl groups excluding tert-OH is 1. The van der Waals surface area contributed by atoms with Crippen molar-refractivity contribution in [3.05, 3.63) is 0 Å². The largest absolute Gasteiger partial charge is 0.394 e. The number of hydrogen-bond acceptors (Lipinski definition) is 4. The monoisotopic (exact) mass is 298 g/mol. The molecule has 4 heteroatoms. The summed E-state index contributed by atoms with van der Waals surface area (Å²) < 4.78 is 6.15. The molecule has 1 saturated heterocycles. The molecule has 124 valence electrons. The molecule has 2 atom stereocenters. The minimum absolute atomic E-state index is 0.0443. The first-order valence-electron chi connectivity index (χ1n) is 8.44. The summed E-state index contributed by atoms with van der Waals surface area (Å²) in [4.78, 5) is 2.54. The molecular formula is C17H34N2O2. The standard InChI is InChI=1S/C17H34N2O2/c1-15(2)11-19(12-16(3,4)21-15)10-8-14-7-6-9-17(14,13-20)18-5/h14,18,20H,6-13H2,1-5H3. The van der Waals surface area contributed by atoms with Gasteiger partial charge in [0.15, 0.2) is 0 Å². The summed E-state index contributed by atoms with van der Waals surface area (Å²) in [5, 5.41) is 13.2. The van der Waals surface area contributed by atoms with E-state index >= 15 is 0 Å². The Kier molecular flexibility index (Phi) is 5.04. The molecule has 2 N–H and O–H groups in total. The van der Waals surface area contributed by atoms with Crippen LogP contribution < -0.4 is 5.32 Å². The van der Waals surface area contributed by atoms with E-state index in [0.717, 1.165) is 32.5 Å². The molecule has 0 radical (unpaired) electrons. The first kappa shape index (κ1) is 17.2. The lowest BCUT2D eigenvalue weighted by Gasteiger charge is -2.47. The normalized spacial score (nSPS) is 36.0. The quantitative estimate of drug-likeness (QED) is 0.815. The molecule has 0 amide bonds. The second-order valence-corrected chi connectivity index (χ2v) is 8.27. The first-order valence-corrected chi connectivity index (χ1v) is 8.44. The summed E-state index contributed by atoms with van der Waals surface area (Å²) in [6.07, 6.45) is 4.73. The number of morpholine rings is 1. The van der Waals surface area contributed by atoms with Crippen LogP contribution in [0.3, 0.4) is 0 Å². The Bertz CT molecular complexity index is 335. The maximum absolute atomic E-state index is 9.79. The van der Waals surface area contributed by atoms with E-state index in [1.807, 2.05) is 7.05 Å². The Hall–Kier alpha value is -0.160. The number of rotatable bonds is 5. The molecule has 0 bridgehead atoms. The van der Waals surface area contributed by atoms with Crippen LogP contribution in [0, 0.1) is 5.92 Å². The van der Waals surface area contributed by atoms with Crippen LogP contribution >= 0.6 is 0 Å². The van der Waals surface area contributed by atoms with Gasteiger partial charge in [-0.3, -0.25) is 4.90 Å². The minimum atomic E-state index is -0.0749. The van der Waals surface area contributed by atoms with Crippen LogP contribution in [0.1, 0.15) is 53.4 Å². The van der Waals surface area contributed by atoms with Gasteiger partial charge in [-0.25, -0.2) is 0 Å². The number of hydrogen-bond donors (Lipinski definition) is 2. The zero-order chi connectivity index (χ0) is 15.7. The lowest BCUT2D eigenvalue weighted by Crippen LogP contribution is -2.57. The molecule has 21 heavy (non-hydrogen) atoms. The van der Waals surface area contributed by atoms with Crippen molar-refractivity contribution in [2.75, 3.05) is 33.3 Å². The highest BCUT2D eigenvalue weighted by atomic mass is 16.5. The molecular weight excluding hydrogens is 264 g/mol. The average Bonchev–Trinajstić information content (AvgIpc) is 2.76. The molecule has 4 nitrogen and oxygen atoms in total. The fourth-order valence-electron chi connectivity index (χ4n) is 4.62. The topological polar surface area (TPSA) is 44.7 Å². The van der Waals surface area contributed by atoms with Crippen molar-refractivity contribution in [1.82, 2.24) is 10.2 Å². The number of aliphatic hydroxyl groups is 1. The molecule has 0 spiro atoms. The van der Waals surface area contributed by atoms with Gasteiger partial charge < -0.3 is 15.2 Å². The van der Waals surface area contributed by atoms with Crippen LogP contribution in [0.5, 0.6) is 0 Å². The van der Waals surface area contributed by atoms with Crippen LogP contribution in [-0.4, -0.2) is 60.0 Å². The number of nitrogens with zero attached hydrogens (tertiary/aromatic N) is 1. The summed E-state index contributed by atoms with van der Waals surface area (Å²) in [5.74, 6) is 0.585. The third-order valence-electron chi connectivity index (χ3n) is 5.29. The second-order valence-electron chi connectivity index (χ2n) is 8.27. The Balaban J connectivity index is 1.93. The molecule has 0 aromatic carbocycles. The fraction of sp³-hybridized carbons (Fsp3) is 1.00.